The van der Waals surface area contributed by atoms with Gasteiger partial charge in [-0.25, -0.2) is 0 Å². The van der Waals surface area contributed by atoms with Crippen molar-refractivity contribution in [3.63, 3.8) is 0 Å². The first-order chi connectivity index (χ1) is 9.83. The van der Waals surface area contributed by atoms with Crippen LogP contribution >= 0.6 is 0 Å². The Morgan fingerprint density at radius 3 is 2.35 bits per heavy atom. The minimum absolute atomic E-state index is 0.0593. The van der Waals surface area contributed by atoms with Gasteiger partial charge in [0.1, 0.15) is 0 Å². The summed E-state index contributed by atoms with van der Waals surface area (Å²) >= 11 is 0. The van der Waals surface area contributed by atoms with E-state index in [1.165, 1.54) is 24.9 Å². The molecule has 0 aromatic heterocycles. The van der Waals surface area contributed by atoms with Crippen LogP contribution in [0.1, 0.15) is 25.7 Å². The quantitative estimate of drug-likeness (QED) is 0.916. The molecule has 1 saturated carbocycles. The van der Waals surface area contributed by atoms with Gasteiger partial charge < -0.3 is 10.0 Å². The van der Waals surface area contributed by atoms with Gasteiger partial charge in [0.05, 0.1) is 6.10 Å². The molecule has 1 aromatic rings. The van der Waals surface area contributed by atoms with Crippen LogP contribution in [0.15, 0.2) is 30.3 Å². The predicted octanol–water partition coefficient (Wildman–Crippen LogP) is 2.36. The van der Waals surface area contributed by atoms with Crippen molar-refractivity contribution in [3.8, 4) is 0 Å². The predicted molar refractivity (Wildman–Crippen MR) is 83.1 cm³/mol. The summed E-state index contributed by atoms with van der Waals surface area (Å²) < 4.78 is 0. The lowest BCUT2D eigenvalue weighted by atomic mass is 9.86. The molecule has 0 unspecified atom stereocenters. The maximum absolute atomic E-state index is 10.1. The lowest BCUT2D eigenvalue weighted by molar-refractivity contribution is 0.0453. The summed E-state index contributed by atoms with van der Waals surface area (Å²) in [4.78, 5) is 5.01. The fraction of sp³-hybridized carbons (Fsp3) is 0.647. The zero-order chi connectivity index (χ0) is 13.8. The van der Waals surface area contributed by atoms with Gasteiger partial charge in [0.2, 0.25) is 0 Å². The second-order valence-corrected chi connectivity index (χ2v) is 6.24. The highest BCUT2D eigenvalue weighted by atomic mass is 16.3. The highest BCUT2D eigenvalue weighted by Crippen LogP contribution is 2.26. The van der Waals surface area contributed by atoms with E-state index in [4.69, 9.17) is 0 Å². The molecular formula is C17H26N2O. The van der Waals surface area contributed by atoms with Gasteiger partial charge in [0.25, 0.3) is 0 Å². The standard InChI is InChI=1S/C17H26N2O/c20-17-9-5-4-6-15(17)14-18-10-12-19(13-11-18)16-7-2-1-3-8-16/h1-3,7-8,15,17,20H,4-6,9-14H2/t15-,17-/m1/s1. The Morgan fingerprint density at radius 2 is 1.65 bits per heavy atom. The number of hydrogen-bond donors (Lipinski definition) is 1. The molecule has 2 fully saturated rings. The van der Waals surface area contributed by atoms with Gasteiger partial charge in [-0.2, -0.15) is 0 Å². The molecule has 1 aromatic carbocycles. The molecule has 20 heavy (non-hydrogen) atoms. The van der Waals surface area contributed by atoms with E-state index in [0.29, 0.717) is 5.92 Å². The molecule has 1 saturated heterocycles. The number of anilines is 1. The van der Waals surface area contributed by atoms with Crippen LogP contribution in [0.2, 0.25) is 0 Å². The first-order valence-corrected chi connectivity index (χ1v) is 8.03. The van der Waals surface area contributed by atoms with E-state index in [9.17, 15) is 5.11 Å². The monoisotopic (exact) mass is 274 g/mol. The summed E-state index contributed by atoms with van der Waals surface area (Å²) in [5.41, 5.74) is 1.34. The van der Waals surface area contributed by atoms with Crippen LogP contribution in [-0.2, 0) is 0 Å². The molecule has 0 radical (unpaired) electrons. The van der Waals surface area contributed by atoms with Crippen LogP contribution in [0, 0.1) is 5.92 Å². The van der Waals surface area contributed by atoms with Gasteiger partial charge in [0, 0.05) is 38.4 Å². The highest BCUT2D eigenvalue weighted by Gasteiger charge is 2.26. The number of benzene rings is 1. The highest BCUT2D eigenvalue weighted by molar-refractivity contribution is 5.46. The van der Waals surface area contributed by atoms with Crippen molar-refractivity contribution in [1.82, 2.24) is 4.90 Å². The number of piperazine rings is 1. The van der Waals surface area contributed by atoms with E-state index in [1.807, 2.05) is 0 Å². The Labute approximate surface area is 122 Å². The molecule has 1 aliphatic carbocycles. The molecular weight excluding hydrogens is 248 g/mol. The first kappa shape index (κ1) is 13.9. The minimum Gasteiger partial charge on any atom is -0.393 e. The fourth-order valence-corrected chi connectivity index (χ4v) is 3.56. The van der Waals surface area contributed by atoms with E-state index >= 15 is 0 Å². The number of para-hydroxylation sites is 1. The lowest BCUT2D eigenvalue weighted by Gasteiger charge is -2.39. The molecule has 3 nitrogen and oxygen atoms in total. The molecule has 1 heterocycles. The van der Waals surface area contributed by atoms with E-state index in [1.54, 1.807) is 0 Å². The molecule has 0 spiro atoms. The third kappa shape index (κ3) is 3.33. The summed E-state index contributed by atoms with van der Waals surface area (Å²) in [6.07, 6.45) is 4.66. The SMILES string of the molecule is O[C@@H]1CCCC[C@@H]1CN1CCN(c2ccccc2)CC1. The molecule has 2 atom stereocenters. The van der Waals surface area contributed by atoms with Crippen molar-refractivity contribution < 1.29 is 5.11 Å². The molecule has 1 aliphatic heterocycles. The van der Waals surface area contributed by atoms with Crippen molar-refractivity contribution in [2.75, 3.05) is 37.6 Å². The second kappa shape index (κ2) is 6.59. The molecule has 0 bridgehead atoms. The Kier molecular flexibility index (Phi) is 4.58. The number of nitrogens with zero attached hydrogens (tertiary/aromatic N) is 2. The fourth-order valence-electron chi connectivity index (χ4n) is 3.56. The van der Waals surface area contributed by atoms with Gasteiger partial charge in [0.15, 0.2) is 0 Å². The first-order valence-electron chi connectivity index (χ1n) is 8.03. The van der Waals surface area contributed by atoms with Gasteiger partial charge in [-0.05, 0) is 30.9 Å². The number of hydrogen-bond acceptors (Lipinski definition) is 3. The van der Waals surface area contributed by atoms with Crippen molar-refractivity contribution in [3.05, 3.63) is 30.3 Å². The Balaban J connectivity index is 1.49. The lowest BCUT2D eigenvalue weighted by Crippen LogP contribution is -2.49. The van der Waals surface area contributed by atoms with E-state index in [0.717, 1.165) is 39.1 Å². The summed E-state index contributed by atoms with van der Waals surface area (Å²) in [6.45, 7) is 5.54. The molecule has 3 heteroatoms. The summed E-state index contributed by atoms with van der Waals surface area (Å²) in [5, 5.41) is 10.1. The Hall–Kier alpha value is -1.06. The van der Waals surface area contributed by atoms with Crippen LogP contribution in [0.25, 0.3) is 0 Å². The zero-order valence-electron chi connectivity index (χ0n) is 12.2. The average Bonchev–Trinajstić information content (AvgIpc) is 2.51. The van der Waals surface area contributed by atoms with Crippen LogP contribution in [-0.4, -0.2) is 48.8 Å². The zero-order valence-corrected chi connectivity index (χ0v) is 12.2. The number of aliphatic hydroxyl groups is 1. The maximum Gasteiger partial charge on any atom is 0.0580 e. The van der Waals surface area contributed by atoms with Crippen LogP contribution in [0.4, 0.5) is 5.69 Å². The van der Waals surface area contributed by atoms with E-state index < -0.39 is 0 Å². The van der Waals surface area contributed by atoms with Crippen molar-refractivity contribution in [2.45, 2.75) is 31.8 Å². The largest absolute Gasteiger partial charge is 0.393 e. The van der Waals surface area contributed by atoms with Crippen LogP contribution in [0.3, 0.4) is 0 Å². The van der Waals surface area contributed by atoms with Gasteiger partial charge in [-0.1, -0.05) is 31.0 Å². The molecule has 2 aliphatic rings. The third-order valence-corrected chi connectivity index (χ3v) is 4.86. The Morgan fingerprint density at radius 1 is 0.950 bits per heavy atom. The van der Waals surface area contributed by atoms with Gasteiger partial charge in [-0.15, -0.1) is 0 Å². The van der Waals surface area contributed by atoms with Crippen molar-refractivity contribution >= 4 is 5.69 Å². The van der Waals surface area contributed by atoms with Gasteiger partial charge >= 0.3 is 0 Å². The summed E-state index contributed by atoms with van der Waals surface area (Å²) in [7, 11) is 0. The van der Waals surface area contributed by atoms with Crippen molar-refractivity contribution in [2.24, 2.45) is 5.92 Å². The average molecular weight is 274 g/mol. The van der Waals surface area contributed by atoms with Crippen LogP contribution < -0.4 is 4.90 Å². The minimum atomic E-state index is -0.0593. The second-order valence-electron chi connectivity index (χ2n) is 6.24. The summed E-state index contributed by atoms with van der Waals surface area (Å²) in [6, 6.07) is 10.7. The van der Waals surface area contributed by atoms with Crippen LogP contribution in [0.5, 0.6) is 0 Å². The molecule has 110 valence electrons. The smallest absolute Gasteiger partial charge is 0.0580 e. The molecule has 3 rings (SSSR count). The van der Waals surface area contributed by atoms with E-state index in [2.05, 4.69) is 40.1 Å². The van der Waals surface area contributed by atoms with Gasteiger partial charge in [-0.3, -0.25) is 4.90 Å². The number of aliphatic hydroxyl groups excluding tert-OH is 1. The normalized spacial score (nSPS) is 28.6. The topological polar surface area (TPSA) is 26.7 Å². The molecule has 1 N–H and O–H groups in total. The Bertz CT molecular complexity index is 401. The maximum atomic E-state index is 10.1. The van der Waals surface area contributed by atoms with Crippen molar-refractivity contribution in [1.29, 1.82) is 0 Å². The van der Waals surface area contributed by atoms with E-state index in [-0.39, 0.29) is 6.10 Å². The summed E-state index contributed by atoms with van der Waals surface area (Å²) in [5.74, 6) is 0.507. The number of rotatable bonds is 3. The third-order valence-electron chi connectivity index (χ3n) is 4.86. The molecule has 0 amide bonds.